The molecule has 1 aromatic rings. The normalized spacial score (nSPS) is 22.3. The van der Waals surface area contributed by atoms with Gasteiger partial charge in [-0.25, -0.2) is 0 Å². The highest BCUT2D eigenvalue weighted by Crippen LogP contribution is 2.41. The first-order valence-electron chi connectivity index (χ1n) is 5.40. The molecule has 1 atom stereocenters. The number of aromatic hydroxyl groups is 1. The SMILES string of the molecule is C[C@@H]1CC2=C(O1)c1cccc(O)c1C(=O)C2=O. The molecule has 0 spiro atoms. The molecule has 1 aliphatic carbocycles. The molecule has 1 aromatic carbocycles. The van der Waals surface area contributed by atoms with Crippen molar-refractivity contribution in [2.45, 2.75) is 19.4 Å². The van der Waals surface area contributed by atoms with E-state index in [0.717, 1.165) is 0 Å². The number of hydrogen-bond acceptors (Lipinski definition) is 4. The van der Waals surface area contributed by atoms with Crippen molar-refractivity contribution in [3.05, 3.63) is 34.9 Å². The number of benzene rings is 1. The second-order valence-corrected chi connectivity index (χ2v) is 4.30. The minimum atomic E-state index is -0.644. The van der Waals surface area contributed by atoms with E-state index < -0.39 is 11.6 Å². The molecule has 3 rings (SSSR count). The number of Topliss-reactive ketones (excluding diaryl/α,β-unsaturated/α-hetero) is 2. The predicted molar refractivity (Wildman–Crippen MR) is 59.5 cm³/mol. The second kappa shape index (κ2) is 3.20. The molecule has 0 amide bonds. The number of ether oxygens (including phenoxy) is 1. The van der Waals surface area contributed by atoms with Gasteiger partial charge in [0.25, 0.3) is 0 Å². The summed E-state index contributed by atoms with van der Waals surface area (Å²) in [5.74, 6) is -0.920. The van der Waals surface area contributed by atoms with Crippen LogP contribution in [0.15, 0.2) is 23.8 Å². The molecule has 0 aromatic heterocycles. The van der Waals surface area contributed by atoms with E-state index in [1.165, 1.54) is 6.07 Å². The highest BCUT2D eigenvalue weighted by atomic mass is 16.5. The van der Waals surface area contributed by atoms with Gasteiger partial charge in [0.2, 0.25) is 11.6 Å². The fourth-order valence-electron chi connectivity index (χ4n) is 2.33. The largest absolute Gasteiger partial charge is 0.507 e. The van der Waals surface area contributed by atoms with Gasteiger partial charge in [-0.3, -0.25) is 9.59 Å². The Kier molecular flexibility index (Phi) is 1.90. The standard InChI is InChI=1S/C13H10O4/c1-6-5-8-11(15)12(16)10-7(13(8)17-6)3-2-4-9(10)14/h2-4,6,14H,5H2,1H3/t6-/m1/s1. The van der Waals surface area contributed by atoms with Crippen LogP contribution in [-0.2, 0) is 9.53 Å². The number of phenolic OH excluding ortho intramolecular Hbond substituents is 1. The third-order valence-corrected chi connectivity index (χ3v) is 3.08. The van der Waals surface area contributed by atoms with Crippen LogP contribution in [0.2, 0.25) is 0 Å². The lowest BCUT2D eigenvalue weighted by molar-refractivity contribution is -0.112. The van der Waals surface area contributed by atoms with Crippen LogP contribution >= 0.6 is 0 Å². The second-order valence-electron chi connectivity index (χ2n) is 4.30. The van der Waals surface area contributed by atoms with E-state index >= 15 is 0 Å². The number of carbonyl (C=O) groups excluding carboxylic acids is 2. The molecule has 0 radical (unpaired) electrons. The third kappa shape index (κ3) is 1.24. The minimum absolute atomic E-state index is 0.0605. The zero-order chi connectivity index (χ0) is 12.2. The summed E-state index contributed by atoms with van der Waals surface area (Å²) in [7, 11) is 0. The Labute approximate surface area is 97.5 Å². The highest BCUT2D eigenvalue weighted by Gasteiger charge is 2.39. The molecule has 0 saturated carbocycles. The molecule has 86 valence electrons. The Morgan fingerprint density at radius 2 is 2.06 bits per heavy atom. The van der Waals surface area contributed by atoms with Gasteiger partial charge in [-0.2, -0.15) is 0 Å². The zero-order valence-electron chi connectivity index (χ0n) is 9.19. The van der Waals surface area contributed by atoms with Gasteiger partial charge in [-0.1, -0.05) is 12.1 Å². The van der Waals surface area contributed by atoms with Crippen molar-refractivity contribution in [1.82, 2.24) is 0 Å². The van der Waals surface area contributed by atoms with Crippen LogP contribution in [0.1, 0.15) is 29.3 Å². The number of fused-ring (bicyclic) bond motifs is 2. The van der Waals surface area contributed by atoms with E-state index in [0.29, 0.717) is 23.3 Å². The summed E-state index contributed by atoms with van der Waals surface area (Å²) in [6.07, 6.45) is 0.347. The van der Waals surface area contributed by atoms with E-state index in [-0.39, 0.29) is 17.4 Å². The van der Waals surface area contributed by atoms with E-state index in [4.69, 9.17) is 4.74 Å². The van der Waals surface area contributed by atoms with Crippen molar-refractivity contribution in [2.24, 2.45) is 0 Å². The Hall–Kier alpha value is -2.10. The zero-order valence-corrected chi connectivity index (χ0v) is 9.19. The Morgan fingerprint density at radius 3 is 2.82 bits per heavy atom. The molecule has 4 nitrogen and oxygen atoms in total. The van der Waals surface area contributed by atoms with Crippen molar-refractivity contribution in [3.8, 4) is 5.75 Å². The summed E-state index contributed by atoms with van der Waals surface area (Å²) in [6, 6.07) is 4.72. The molecule has 17 heavy (non-hydrogen) atoms. The molecule has 4 heteroatoms. The van der Waals surface area contributed by atoms with Gasteiger partial charge in [0.05, 0.1) is 5.56 Å². The number of hydrogen-bond donors (Lipinski definition) is 1. The van der Waals surface area contributed by atoms with Gasteiger partial charge in [0.15, 0.2) is 0 Å². The summed E-state index contributed by atoms with van der Waals surface area (Å²) in [5, 5.41) is 9.68. The van der Waals surface area contributed by atoms with Gasteiger partial charge in [-0.05, 0) is 13.0 Å². The molecular formula is C13H10O4. The van der Waals surface area contributed by atoms with Crippen molar-refractivity contribution in [1.29, 1.82) is 0 Å². The van der Waals surface area contributed by atoms with Crippen LogP contribution in [0.3, 0.4) is 0 Å². The van der Waals surface area contributed by atoms with Crippen molar-refractivity contribution < 1.29 is 19.4 Å². The smallest absolute Gasteiger partial charge is 0.237 e. The van der Waals surface area contributed by atoms with Crippen molar-refractivity contribution in [3.63, 3.8) is 0 Å². The molecule has 2 aliphatic rings. The summed E-state index contributed by atoms with van der Waals surface area (Å²) in [5.41, 5.74) is 1.01. The Morgan fingerprint density at radius 1 is 1.29 bits per heavy atom. The molecule has 0 fully saturated rings. The Balaban J connectivity index is 2.30. The van der Waals surface area contributed by atoms with Gasteiger partial charge in [0.1, 0.15) is 17.6 Å². The highest BCUT2D eigenvalue weighted by molar-refractivity contribution is 6.52. The van der Waals surface area contributed by atoms with E-state index in [1.807, 2.05) is 6.92 Å². The van der Waals surface area contributed by atoms with Crippen LogP contribution in [0.4, 0.5) is 0 Å². The van der Waals surface area contributed by atoms with E-state index in [1.54, 1.807) is 12.1 Å². The first-order chi connectivity index (χ1) is 8.09. The minimum Gasteiger partial charge on any atom is -0.507 e. The van der Waals surface area contributed by atoms with Crippen LogP contribution in [-0.4, -0.2) is 22.8 Å². The maximum absolute atomic E-state index is 11.9. The monoisotopic (exact) mass is 230 g/mol. The molecule has 0 saturated heterocycles. The van der Waals surface area contributed by atoms with Crippen molar-refractivity contribution in [2.75, 3.05) is 0 Å². The number of carbonyl (C=O) groups is 2. The summed E-state index contributed by atoms with van der Waals surface area (Å²) in [4.78, 5) is 23.8. The van der Waals surface area contributed by atoms with E-state index in [9.17, 15) is 14.7 Å². The molecule has 1 aliphatic heterocycles. The maximum atomic E-state index is 11.9. The predicted octanol–water partition coefficient (Wildman–Crippen LogP) is 1.68. The van der Waals surface area contributed by atoms with Crippen LogP contribution in [0.5, 0.6) is 5.75 Å². The maximum Gasteiger partial charge on any atom is 0.237 e. The summed E-state index contributed by atoms with van der Waals surface area (Å²) in [6.45, 7) is 1.85. The average molecular weight is 230 g/mol. The van der Waals surface area contributed by atoms with Gasteiger partial charge >= 0.3 is 0 Å². The van der Waals surface area contributed by atoms with E-state index in [2.05, 4.69) is 0 Å². The van der Waals surface area contributed by atoms with Crippen LogP contribution < -0.4 is 0 Å². The first-order valence-corrected chi connectivity index (χ1v) is 5.40. The van der Waals surface area contributed by atoms with Crippen molar-refractivity contribution >= 4 is 17.3 Å². The third-order valence-electron chi connectivity index (χ3n) is 3.08. The summed E-state index contributed by atoms with van der Waals surface area (Å²) >= 11 is 0. The number of rotatable bonds is 0. The fraction of sp³-hybridized carbons (Fsp3) is 0.231. The number of ketones is 2. The lowest BCUT2D eigenvalue weighted by Crippen LogP contribution is -2.22. The lowest BCUT2D eigenvalue weighted by atomic mass is 9.87. The molecular weight excluding hydrogens is 220 g/mol. The van der Waals surface area contributed by atoms with Crippen LogP contribution in [0, 0.1) is 0 Å². The molecule has 0 unspecified atom stereocenters. The van der Waals surface area contributed by atoms with Crippen LogP contribution in [0.25, 0.3) is 5.76 Å². The summed E-state index contributed by atoms with van der Waals surface area (Å²) < 4.78 is 5.56. The van der Waals surface area contributed by atoms with Gasteiger partial charge in [0, 0.05) is 17.6 Å². The first kappa shape index (κ1) is 10.1. The Bertz CT molecular complexity index is 583. The molecule has 1 N–H and O–H groups in total. The number of phenols is 1. The fourth-order valence-corrected chi connectivity index (χ4v) is 2.33. The quantitative estimate of drug-likeness (QED) is 0.689. The average Bonchev–Trinajstić information content (AvgIpc) is 2.68. The topological polar surface area (TPSA) is 63.6 Å². The van der Waals surface area contributed by atoms with Gasteiger partial charge < -0.3 is 9.84 Å². The van der Waals surface area contributed by atoms with Gasteiger partial charge in [-0.15, -0.1) is 0 Å². The lowest BCUT2D eigenvalue weighted by Gasteiger charge is -2.16. The molecule has 1 heterocycles. The molecule has 0 bridgehead atoms.